The smallest absolute Gasteiger partial charge is 0.236 e. The molecule has 1 aliphatic rings. The van der Waals surface area contributed by atoms with Gasteiger partial charge in [0.05, 0.1) is 6.54 Å². The van der Waals surface area contributed by atoms with Gasteiger partial charge in [-0.2, -0.15) is 0 Å². The SMILES string of the molecule is CN(CCC(N)=O)CC(=O)N1CCCC1. The Morgan fingerprint density at radius 1 is 1.33 bits per heavy atom. The zero-order chi connectivity index (χ0) is 11.3. The fraction of sp³-hybridized carbons (Fsp3) is 0.800. The van der Waals surface area contributed by atoms with Crippen LogP contribution < -0.4 is 5.73 Å². The zero-order valence-corrected chi connectivity index (χ0v) is 9.24. The number of hydrogen-bond donors (Lipinski definition) is 1. The highest BCUT2D eigenvalue weighted by atomic mass is 16.2. The van der Waals surface area contributed by atoms with Crippen molar-refractivity contribution in [3.63, 3.8) is 0 Å². The fourth-order valence-electron chi connectivity index (χ4n) is 1.68. The van der Waals surface area contributed by atoms with Crippen molar-refractivity contribution in [3.8, 4) is 0 Å². The maximum Gasteiger partial charge on any atom is 0.236 e. The Labute approximate surface area is 90.2 Å². The van der Waals surface area contributed by atoms with Crippen molar-refractivity contribution >= 4 is 11.8 Å². The number of carbonyl (C=O) groups excluding carboxylic acids is 2. The lowest BCUT2D eigenvalue weighted by molar-refractivity contribution is -0.131. The minimum Gasteiger partial charge on any atom is -0.370 e. The van der Waals surface area contributed by atoms with Crippen LogP contribution in [0.3, 0.4) is 0 Å². The topological polar surface area (TPSA) is 66.6 Å². The number of carbonyl (C=O) groups is 2. The molecule has 1 fully saturated rings. The van der Waals surface area contributed by atoms with Gasteiger partial charge in [0, 0.05) is 26.1 Å². The van der Waals surface area contributed by atoms with Crippen molar-refractivity contribution in [2.24, 2.45) is 5.73 Å². The van der Waals surface area contributed by atoms with Gasteiger partial charge in [-0.25, -0.2) is 0 Å². The second-order valence-corrected chi connectivity index (χ2v) is 4.04. The average Bonchev–Trinajstić information content (AvgIpc) is 2.67. The van der Waals surface area contributed by atoms with E-state index in [0.29, 0.717) is 19.5 Å². The van der Waals surface area contributed by atoms with E-state index >= 15 is 0 Å². The summed E-state index contributed by atoms with van der Waals surface area (Å²) < 4.78 is 0. The van der Waals surface area contributed by atoms with Gasteiger partial charge in [0.1, 0.15) is 0 Å². The van der Waals surface area contributed by atoms with Crippen LogP contribution in [-0.2, 0) is 9.59 Å². The van der Waals surface area contributed by atoms with Crippen LogP contribution in [0.25, 0.3) is 0 Å². The van der Waals surface area contributed by atoms with Crippen LogP contribution in [0.15, 0.2) is 0 Å². The van der Waals surface area contributed by atoms with Gasteiger partial charge < -0.3 is 10.6 Å². The molecule has 0 bridgehead atoms. The monoisotopic (exact) mass is 213 g/mol. The molecule has 0 radical (unpaired) electrons. The third-order valence-corrected chi connectivity index (χ3v) is 2.60. The van der Waals surface area contributed by atoms with Crippen molar-refractivity contribution in [3.05, 3.63) is 0 Å². The Bertz CT molecular complexity index is 237. The number of likely N-dealkylation sites (tertiary alicyclic amines) is 1. The van der Waals surface area contributed by atoms with Gasteiger partial charge in [0.25, 0.3) is 0 Å². The van der Waals surface area contributed by atoms with Crippen LogP contribution in [0.5, 0.6) is 0 Å². The molecule has 0 spiro atoms. The van der Waals surface area contributed by atoms with Gasteiger partial charge in [-0.15, -0.1) is 0 Å². The van der Waals surface area contributed by atoms with E-state index in [9.17, 15) is 9.59 Å². The molecule has 0 aromatic carbocycles. The second kappa shape index (κ2) is 5.70. The van der Waals surface area contributed by atoms with Gasteiger partial charge in [-0.05, 0) is 19.9 Å². The van der Waals surface area contributed by atoms with Crippen LogP contribution in [0.2, 0.25) is 0 Å². The van der Waals surface area contributed by atoms with Crippen LogP contribution in [0.1, 0.15) is 19.3 Å². The molecule has 1 saturated heterocycles. The summed E-state index contributed by atoms with van der Waals surface area (Å²) in [6.07, 6.45) is 2.53. The number of amides is 2. The molecule has 0 atom stereocenters. The Morgan fingerprint density at radius 2 is 1.93 bits per heavy atom. The molecule has 0 unspecified atom stereocenters. The number of rotatable bonds is 5. The predicted octanol–water partition coefficient (Wildman–Crippen LogP) is -0.584. The fourth-order valence-corrected chi connectivity index (χ4v) is 1.68. The van der Waals surface area contributed by atoms with E-state index in [2.05, 4.69) is 0 Å². The van der Waals surface area contributed by atoms with E-state index < -0.39 is 0 Å². The summed E-state index contributed by atoms with van der Waals surface area (Å²) in [4.78, 5) is 25.9. The number of nitrogens with zero attached hydrogens (tertiary/aromatic N) is 2. The molecule has 86 valence electrons. The molecule has 5 heteroatoms. The number of hydrogen-bond acceptors (Lipinski definition) is 3. The highest BCUT2D eigenvalue weighted by Crippen LogP contribution is 2.07. The van der Waals surface area contributed by atoms with Crippen molar-refractivity contribution in [1.82, 2.24) is 9.80 Å². The average molecular weight is 213 g/mol. The van der Waals surface area contributed by atoms with Crippen LogP contribution in [0, 0.1) is 0 Å². The quantitative estimate of drug-likeness (QED) is 0.664. The molecule has 1 aliphatic heterocycles. The third-order valence-electron chi connectivity index (χ3n) is 2.60. The van der Waals surface area contributed by atoms with E-state index in [1.165, 1.54) is 0 Å². The summed E-state index contributed by atoms with van der Waals surface area (Å²) >= 11 is 0. The van der Waals surface area contributed by atoms with Crippen molar-refractivity contribution in [1.29, 1.82) is 0 Å². The molecule has 1 rings (SSSR count). The minimum atomic E-state index is -0.324. The van der Waals surface area contributed by atoms with Gasteiger partial charge in [-0.1, -0.05) is 0 Å². The molecule has 1 heterocycles. The molecule has 0 saturated carbocycles. The minimum absolute atomic E-state index is 0.152. The van der Waals surface area contributed by atoms with Crippen molar-refractivity contribution < 1.29 is 9.59 Å². The molecule has 0 aromatic rings. The Morgan fingerprint density at radius 3 is 2.47 bits per heavy atom. The summed E-state index contributed by atoms with van der Waals surface area (Å²) in [5, 5.41) is 0. The molecule has 15 heavy (non-hydrogen) atoms. The highest BCUT2D eigenvalue weighted by Gasteiger charge is 2.18. The van der Waals surface area contributed by atoms with Crippen LogP contribution in [0.4, 0.5) is 0 Å². The van der Waals surface area contributed by atoms with E-state index in [-0.39, 0.29) is 11.8 Å². The lowest BCUT2D eigenvalue weighted by Gasteiger charge is -2.20. The summed E-state index contributed by atoms with van der Waals surface area (Å²) in [6, 6.07) is 0. The molecule has 0 aromatic heterocycles. The number of nitrogens with two attached hydrogens (primary N) is 1. The maximum absolute atomic E-state index is 11.7. The maximum atomic E-state index is 11.7. The summed E-state index contributed by atoms with van der Waals surface area (Å²) in [5.74, 6) is -0.171. The van der Waals surface area contributed by atoms with Gasteiger partial charge in [0.2, 0.25) is 11.8 Å². The number of primary amides is 1. The van der Waals surface area contributed by atoms with Gasteiger partial charge in [-0.3, -0.25) is 14.5 Å². The lowest BCUT2D eigenvalue weighted by Crippen LogP contribution is -2.38. The largest absolute Gasteiger partial charge is 0.370 e. The summed E-state index contributed by atoms with van der Waals surface area (Å²) in [6.45, 7) is 2.69. The molecule has 2 amide bonds. The second-order valence-electron chi connectivity index (χ2n) is 4.04. The van der Waals surface area contributed by atoms with Crippen LogP contribution in [-0.4, -0.2) is 54.8 Å². The molecule has 5 nitrogen and oxygen atoms in total. The Hall–Kier alpha value is -1.10. The summed E-state index contributed by atoms with van der Waals surface area (Å²) in [7, 11) is 1.83. The predicted molar refractivity (Wildman–Crippen MR) is 57.1 cm³/mol. The van der Waals surface area contributed by atoms with E-state index in [4.69, 9.17) is 5.73 Å². The number of likely N-dealkylation sites (N-methyl/N-ethyl adjacent to an activating group) is 1. The molecular formula is C10H19N3O2. The van der Waals surface area contributed by atoms with E-state index in [0.717, 1.165) is 25.9 Å². The first-order valence-electron chi connectivity index (χ1n) is 5.34. The first-order valence-corrected chi connectivity index (χ1v) is 5.34. The third kappa shape index (κ3) is 4.29. The lowest BCUT2D eigenvalue weighted by atomic mass is 10.3. The standard InChI is InChI=1S/C10H19N3O2/c1-12(7-4-9(11)14)8-10(15)13-5-2-3-6-13/h2-8H2,1H3,(H2,11,14). The van der Waals surface area contributed by atoms with Gasteiger partial charge >= 0.3 is 0 Å². The van der Waals surface area contributed by atoms with Crippen molar-refractivity contribution in [2.45, 2.75) is 19.3 Å². The Kier molecular flexibility index (Phi) is 4.55. The van der Waals surface area contributed by atoms with E-state index in [1.807, 2.05) is 16.8 Å². The van der Waals surface area contributed by atoms with E-state index in [1.54, 1.807) is 0 Å². The highest BCUT2D eigenvalue weighted by molar-refractivity contribution is 5.78. The van der Waals surface area contributed by atoms with Gasteiger partial charge in [0.15, 0.2) is 0 Å². The zero-order valence-electron chi connectivity index (χ0n) is 9.24. The molecular weight excluding hydrogens is 194 g/mol. The molecule has 2 N–H and O–H groups in total. The first-order chi connectivity index (χ1) is 7.09. The van der Waals surface area contributed by atoms with Crippen LogP contribution >= 0.6 is 0 Å². The Balaban J connectivity index is 2.21. The van der Waals surface area contributed by atoms with Crippen molar-refractivity contribution in [2.75, 3.05) is 33.2 Å². The normalized spacial score (nSPS) is 16.0. The summed E-state index contributed by atoms with van der Waals surface area (Å²) in [5.41, 5.74) is 5.03. The molecule has 0 aliphatic carbocycles. The first kappa shape index (κ1) is 12.0.